The van der Waals surface area contributed by atoms with Crippen LogP contribution in [-0.2, 0) is 9.53 Å². The van der Waals surface area contributed by atoms with Gasteiger partial charge in [0.1, 0.15) is 5.75 Å². The van der Waals surface area contributed by atoms with Crippen LogP contribution in [0.25, 0.3) is 0 Å². The topological polar surface area (TPSA) is 35.5 Å². The van der Waals surface area contributed by atoms with Crippen LogP contribution in [0.2, 0.25) is 5.02 Å². The van der Waals surface area contributed by atoms with Crippen molar-refractivity contribution in [2.45, 2.75) is 39.7 Å². The van der Waals surface area contributed by atoms with Gasteiger partial charge in [-0.3, -0.25) is 0 Å². The zero-order chi connectivity index (χ0) is 13.5. The summed E-state index contributed by atoms with van der Waals surface area (Å²) in [5.74, 6) is 0.195. The van der Waals surface area contributed by atoms with E-state index in [1.165, 1.54) is 0 Å². The summed E-state index contributed by atoms with van der Waals surface area (Å²) < 4.78 is 10.7. The predicted octanol–water partition coefficient (Wildman–Crippen LogP) is 3.76. The third-order valence-corrected chi connectivity index (χ3v) is 2.77. The van der Waals surface area contributed by atoms with E-state index in [1.807, 2.05) is 26.0 Å². The Kier molecular flexibility index (Phi) is 5.99. The molecule has 0 aliphatic rings. The normalized spacial score (nSPS) is 12.0. The van der Waals surface area contributed by atoms with Crippen LogP contribution in [0.15, 0.2) is 18.2 Å². The first-order valence-corrected chi connectivity index (χ1v) is 6.55. The highest BCUT2D eigenvalue weighted by Gasteiger charge is 2.21. The molecule has 18 heavy (non-hydrogen) atoms. The van der Waals surface area contributed by atoms with Crippen molar-refractivity contribution >= 4 is 17.6 Å². The van der Waals surface area contributed by atoms with E-state index in [9.17, 15) is 4.79 Å². The third-order valence-electron chi connectivity index (χ3n) is 2.46. The van der Waals surface area contributed by atoms with Gasteiger partial charge in [0.15, 0.2) is 6.10 Å². The number of halogens is 1. The number of carbonyl (C=O) groups is 1. The van der Waals surface area contributed by atoms with E-state index in [0.717, 1.165) is 12.0 Å². The molecule has 1 unspecified atom stereocenters. The van der Waals surface area contributed by atoms with Crippen molar-refractivity contribution in [3.63, 3.8) is 0 Å². The summed E-state index contributed by atoms with van der Waals surface area (Å²) in [7, 11) is 0. The van der Waals surface area contributed by atoms with E-state index in [2.05, 4.69) is 0 Å². The molecule has 1 rings (SSSR count). The average molecular weight is 271 g/mol. The maximum Gasteiger partial charge on any atom is 0.347 e. The van der Waals surface area contributed by atoms with E-state index >= 15 is 0 Å². The Morgan fingerprint density at radius 1 is 1.39 bits per heavy atom. The summed E-state index contributed by atoms with van der Waals surface area (Å²) in [5.41, 5.74) is 1.04. The minimum absolute atomic E-state index is 0.336. The summed E-state index contributed by atoms with van der Waals surface area (Å²) in [6, 6.07) is 5.49. The lowest BCUT2D eigenvalue weighted by molar-refractivity contribution is -0.151. The zero-order valence-electron chi connectivity index (χ0n) is 11.0. The molecule has 0 aliphatic carbocycles. The van der Waals surface area contributed by atoms with Crippen molar-refractivity contribution in [2.75, 3.05) is 6.61 Å². The summed E-state index contributed by atoms with van der Waals surface area (Å²) in [6.07, 6.45) is 0.866. The van der Waals surface area contributed by atoms with Crippen LogP contribution in [0.1, 0.15) is 32.3 Å². The Morgan fingerprint density at radius 2 is 2.11 bits per heavy atom. The van der Waals surface area contributed by atoms with Crippen LogP contribution in [0, 0.1) is 6.92 Å². The minimum atomic E-state index is -0.589. The maximum absolute atomic E-state index is 11.7. The molecule has 0 saturated carbocycles. The standard InChI is InChI=1S/C14H19ClO3/c1-4-6-12(14(16)17-5-2)18-13-9-10(3)7-8-11(13)15/h7-9,12H,4-6H2,1-3H3. The molecule has 0 fully saturated rings. The van der Waals surface area contributed by atoms with Crippen molar-refractivity contribution in [1.82, 2.24) is 0 Å². The highest BCUT2D eigenvalue weighted by Crippen LogP contribution is 2.27. The zero-order valence-corrected chi connectivity index (χ0v) is 11.8. The van der Waals surface area contributed by atoms with Gasteiger partial charge in [0.2, 0.25) is 0 Å². The fourth-order valence-electron chi connectivity index (χ4n) is 1.58. The van der Waals surface area contributed by atoms with Crippen molar-refractivity contribution in [2.24, 2.45) is 0 Å². The molecule has 100 valence electrons. The highest BCUT2D eigenvalue weighted by molar-refractivity contribution is 6.32. The second-order valence-corrected chi connectivity index (χ2v) is 4.49. The van der Waals surface area contributed by atoms with E-state index in [-0.39, 0.29) is 5.97 Å². The fourth-order valence-corrected chi connectivity index (χ4v) is 1.74. The molecule has 1 aromatic rings. The van der Waals surface area contributed by atoms with Crippen LogP contribution < -0.4 is 4.74 Å². The van der Waals surface area contributed by atoms with Gasteiger partial charge in [0, 0.05) is 0 Å². The summed E-state index contributed by atoms with van der Waals surface area (Å²) in [6.45, 7) is 6.07. The van der Waals surface area contributed by atoms with Gasteiger partial charge in [-0.25, -0.2) is 4.79 Å². The molecule has 0 N–H and O–H groups in total. The van der Waals surface area contributed by atoms with Gasteiger partial charge in [0.25, 0.3) is 0 Å². The molecule has 1 atom stereocenters. The number of ether oxygens (including phenoxy) is 2. The molecular weight excluding hydrogens is 252 g/mol. The maximum atomic E-state index is 11.7. The number of hydrogen-bond donors (Lipinski definition) is 0. The number of carbonyl (C=O) groups excluding carboxylic acids is 1. The second-order valence-electron chi connectivity index (χ2n) is 4.08. The van der Waals surface area contributed by atoms with Crippen LogP contribution in [0.5, 0.6) is 5.75 Å². The molecule has 0 radical (unpaired) electrons. The smallest absolute Gasteiger partial charge is 0.347 e. The number of rotatable bonds is 6. The largest absolute Gasteiger partial charge is 0.477 e. The minimum Gasteiger partial charge on any atom is -0.477 e. The second kappa shape index (κ2) is 7.27. The number of benzene rings is 1. The summed E-state index contributed by atoms with van der Waals surface area (Å²) in [4.78, 5) is 11.7. The van der Waals surface area contributed by atoms with Crippen LogP contribution in [0.4, 0.5) is 0 Å². The molecule has 0 bridgehead atoms. The Morgan fingerprint density at radius 3 is 2.72 bits per heavy atom. The van der Waals surface area contributed by atoms with Gasteiger partial charge in [-0.1, -0.05) is 31.0 Å². The fraction of sp³-hybridized carbons (Fsp3) is 0.500. The van der Waals surface area contributed by atoms with Crippen molar-refractivity contribution in [3.05, 3.63) is 28.8 Å². The van der Waals surface area contributed by atoms with E-state index < -0.39 is 6.10 Å². The molecule has 0 amide bonds. The molecule has 4 heteroatoms. The summed E-state index contributed by atoms with van der Waals surface area (Å²) >= 11 is 6.05. The van der Waals surface area contributed by atoms with Gasteiger partial charge in [-0.15, -0.1) is 0 Å². The molecule has 0 aliphatic heterocycles. The van der Waals surface area contributed by atoms with E-state index in [4.69, 9.17) is 21.1 Å². The highest BCUT2D eigenvalue weighted by atomic mass is 35.5. The lowest BCUT2D eigenvalue weighted by Crippen LogP contribution is -2.29. The summed E-state index contributed by atoms with van der Waals surface area (Å²) in [5, 5.41) is 0.506. The van der Waals surface area contributed by atoms with Crippen LogP contribution in [-0.4, -0.2) is 18.7 Å². The Labute approximate surface area is 113 Å². The number of hydrogen-bond acceptors (Lipinski definition) is 3. The first-order chi connectivity index (χ1) is 8.58. The van der Waals surface area contributed by atoms with E-state index in [0.29, 0.717) is 23.8 Å². The monoisotopic (exact) mass is 270 g/mol. The average Bonchev–Trinajstić information content (AvgIpc) is 2.33. The molecule has 1 aromatic carbocycles. The van der Waals surface area contributed by atoms with Crippen LogP contribution >= 0.6 is 11.6 Å². The number of aryl methyl sites for hydroxylation is 1. The van der Waals surface area contributed by atoms with Crippen LogP contribution in [0.3, 0.4) is 0 Å². The van der Waals surface area contributed by atoms with Crippen molar-refractivity contribution in [1.29, 1.82) is 0 Å². The first-order valence-electron chi connectivity index (χ1n) is 6.17. The molecular formula is C14H19ClO3. The third kappa shape index (κ3) is 4.22. The Bertz CT molecular complexity index is 404. The molecule has 0 heterocycles. The number of esters is 1. The Hall–Kier alpha value is -1.22. The molecule has 3 nitrogen and oxygen atoms in total. The quantitative estimate of drug-likeness (QED) is 0.739. The van der Waals surface area contributed by atoms with Gasteiger partial charge >= 0.3 is 5.97 Å². The molecule has 0 aromatic heterocycles. The van der Waals surface area contributed by atoms with Gasteiger partial charge in [0.05, 0.1) is 11.6 Å². The predicted molar refractivity (Wildman–Crippen MR) is 72.1 cm³/mol. The van der Waals surface area contributed by atoms with E-state index in [1.54, 1.807) is 13.0 Å². The van der Waals surface area contributed by atoms with Crippen molar-refractivity contribution < 1.29 is 14.3 Å². The lowest BCUT2D eigenvalue weighted by atomic mass is 10.2. The van der Waals surface area contributed by atoms with Gasteiger partial charge in [-0.05, 0) is 38.0 Å². The van der Waals surface area contributed by atoms with Gasteiger partial charge < -0.3 is 9.47 Å². The lowest BCUT2D eigenvalue weighted by Gasteiger charge is -2.18. The molecule has 0 saturated heterocycles. The SMILES string of the molecule is CCCC(Oc1cc(C)ccc1Cl)C(=O)OCC. The van der Waals surface area contributed by atoms with Gasteiger partial charge in [-0.2, -0.15) is 0 Å². The first kappa shape index (κ1) is 14.8. The Balaban J connectivity index is 2.82. The van der Waals surface area contributed by atoms with Crippen molar-refractivity contribution in [3.8, 4) is 5.75 Å². The molecule has 0 spiro atoms.